The van der Waals surface area contributed by atoms with Gasteiger partial charge in [0.1, 0.15) is 0 Å². The largest absolute Gasteiger partial charge is 0.371 e. The molecule has 0 amide bonds. The van der Waals surface area contributed by atoms with Crippen LogP contribution in [0.3, 0.4) is 0 Å². The molecule has 0 radical (unpaired) electrons. The van der Waals surface area contributed by atoms with Crippen LogP contribution in [0.25, 0.3) is 0 Å². The molecule has 0 bridgehead atoms. The Kier molecular flexibility index (Phi) is 1.95. The van der Waals surface area contributed by atoms with Crippen LogP contribution in [0.15, 0.2) is 12.3 Å². The molecule has 1 aliphatic rings. The first-order valence-corrected chi connectivity index (χ1v) is 5.08. The predicted octanol–water partition coefficient (Wildman–Crippen LogP) is 2.92. The molecule has 82 valence electrons. The Morgan fingerprint density at radius 1 is 1.67 bits per heavy atom. The minimum atomic E-state index is -2.31. The van der Waals surface area contributed by atoms with Crippen LogP contribution < -0.4 is 0 Å². The van der Waals surface area contributed by atoms with E-state index >= 15 is 0 Å². The lowest BCUT2D eigenvalue weighted by molar-refractivity contribution is -0.00695. The van der Waals surface area contributed by atoms with Gasteiger partial charge in [-0.05, 0) is 24.5 Å². The number of pyridine rings is 1. The number of nitrogens with zero attached hydrogens (tertiary/aromatic N) is 1. The molecule has 0 spiro atoms. The lowest BCUT2D eigenvalue weighted by Gasteiger charge is -2.28. The monoisotopic (exact) mass is 211 g/mol. The van der Waals surface area contributed by atoms with Gasteiger partial charge < -0.3 is 4.74 Å². The average molecular weight is 211 g/mol. The van der Waals surface area contributed by atoms with Crippen molar-refractivity contribution >= 4 is 0 Å². The fourth-order valence-electron chi connectivity index (χ4n) is 1.64. The van der Waals surface area contributed by atoms with Gasteiger partial charge in [-0.2, -0.15) is 0 Å². The van der Waals surface area contributed by atoms with Gasteiger partial charge in [-0.15, -0.1) is 0 Å². The molecule has 15 heavy (non-hydrogen) atoms. The predicted molar refractivity (Wildman–Crippen MR) is 56.4 cm³/mol. The summed E-state index contributed by atoms with van der Waals surface area (Å²) in [6.45, 7) is 2.90. The highest BCUT2D eigenvalue weighted by Crippen LogP contribution is 2.33. The Hall–Kier alpha value is -0.960. The lowest BCUT2D eigenvalue weighted by atomic mass is 9.92. The number of alkyl halides is 1. The molecule has 0 fully saturated rings. The van der Waals surface area contributed by atoms with Gasteiger partial charge in [0, 0.05) is 11.8 Å². The Morgan fingerprint density at radius 3 is 3.07 bits per heavy atom. The molecule has 2 nitrogen and oxygen atoms in total. The van der Waals surface area contributed by atoms with E-state index in [4.69, 9.17) is 7.48 Å². The zero-order valence-corrected chi connectivity index (χ0v) is 9.17. The molecule has 0 saturated heterocycles. The SMILES string of the molecule is [2H]C1([2H])OCc2ncc(C(C)C)cc2C1(C)F. The maximum absolute atomic E-state index is 14.5. The summed E-state index contributed by atoms with van der Waals surface area (Å²) >= 11 is 0. The maximum atomic E-state index is 14.5. The van der Waals surface area contributed by atoms with E-state index in [2.05, 4.69) is 4.98 Å². The zero-order valence-electron chi connectivity index (χ0n) is 11.2. The van der Waals surface area contributed by atoms with Crippen molar-refractivity contribution in [3.8, 4) is 0 Å². The van der Waals surface area contributed by atoms with Gasteiger partial charge in [-0.3, -0.25) is 4.98 Å². The van der Waals surface area contributed by atoms with Gasteiger partial charge in [0.15, 0.2) is 5.67 Å². The summed E-state index contributed by atoms with van der Waals surface area (Å²) in [4.78, 5) is 4.17. The van der Waals surface area contributed by atoms with E-state index in [1.165, 1.54) is 6.92 Å². The van der Waals surface area contributed by atoms with E-state index < -0.39 is 12.2 Å². The summed E-state index contributed by atoms with van der Waals surface area (Å²) in [5.74, 6) is 0.234. The Bertz CT molecular complexity index is 446. The van der Waals surface area contributed by atoms with Crippen molar-refractivity contribution in [2.45, 2.75) is 39.0 Å². The quantitative estimate of drug-likeness (QED) is 0.712. The van der Waals surface area contributed by atoms with E-state index in [-0.39, 0.29) is 12.5 Å². The van der Waals surface area contributed by atoms with Gasteiger partial charge in [0.05, 0.1) is 21.6 Å². The Morgan fingerprint density at radius 2 is 2.40 bits per heavy atom. The van der Waals surface area contributed by atoms with E-state index in [0.29, 0.717) is 11.3 Å². The number of rotatable bonds is 1. The number of hydrogen-bond donors (Lipinski definition) is 0. The summed E-state index contributed by atoms with van der Waals surface area (Å²) in [5.41, 5.74) is -0.474. The van der Waals surface area contributed by atoms with Crippen LogP contribution in [0.5, 0.6) is 0 Å². The fourth-order valence-corrected chi connectivity index (χ4v) is 1.64. The Labute approximate surface area is 92.3 Å². The highest BCUT2D eigenvalue weighted by Gasteiger charge is 2.33. The molecule has 0 saturated carbocycles. The first kappa shape index (κ1) is 8.22. The molecule has 0 aliphatic carbocycles. The molecule has 1 atom stereocenters. The van der Waals surface area contributed by atoms with Crippen molar-refractivity contribution in [1.82, 2.24) is 4.98 Å². The number of hydrogen-bond acceptors (Lipinski definition) is 2. The van der Waals surface area contributed by atoms with E-state index in [1.54, 1.807) is 12.3 Å². The number of halogens is 1. The molecule has 1 unspecified atom stereocenters. The van der Waals surface area contributed by atoms with Crippen molar-refractivity contribution in [1.29, 1.82) is 0 Å². The molecule has 3 heteroatoms. The van der Waals surface area contributed by atoms with Crippen LogP contribution in [-0.2, 0) is 17.0 Å². The molecule has 1 aromatic rings. The van der Waals surface area contributed by atoms with Crippen LogP contribution in [0.1, 0.15) is 46.3 Å². The third-order valence-corrected chi connectivity index (χ3v) is 2.64. The van der Waals surface area contributed by atoms with Crippen LogP contribution in [0.4, 0.5) is 4.39 Å². The standard InChI is InChI=1S/C12H16FNO/c1-8(2)9-4-10-11(14-5-9)6-15-7-12(10,3)13/h4-5,8H,6-7H2,1-3H3/i7D2. The first-order valence-electron chi connectivity index (χ1n) is 6.08. The van der Waals surface area contributed by atoms with E-state index in [1.807, 2.05) is 13.8 Å². The molecule has 2 heterocycles. The third-order valence-electron chi connectivity index (χ3n) is 2.64. The second-order valence-electron chi connectivity index (χ2n) is 4.31. The number of ether oxygens (including phenoxy) is 1. The van der Waals surface area contributed by atoms with Crippen LogP contribution in [0.2, 0.25) is 0 Å². The third kappa shape index (κ3) is 1.88. The Balaban J connectivity index is 2.56. The molecule has 1 aromatic heterocycles. The van der Waals surface area contributed by atoms with Gasteiger partial charge in [-0.1, -0.05) is 13.8 Å². The second-order valence-corrected chi connectivity index (χ2v) is 4.31. The minimum Gasteiger partial charge on any atom is -0.371 e. The van der Waals surface area contributed by atoms with Crippen LogP contribution in [-0.4, -0.2) is 11.5 Å². The summed E-state index contributed by atoms with van der Waals surface area (Å²) in [6, 6.07) is 1.70. The van der Waals surface area contributed by atoms with Crippen molar-refractivity contribution < 1.29 is 11.9 Å². The van der Waals surface area contributed by atoms with Crippen molar-refractivity contribution in [2.75, 3.05) is 6.56 Å². The molecular weight excluding hydrogens is 193 g/mol. The average Bonchev–Trinajstić information content (AvgIpc) is 2.24. The van der Waals surface area contributed by atoms with Crippen molar-refractivity contribution in [3.63, 3.8) is 0 Å². The topological polar surface area (TPSA) is 22.1 Å². The highest BCUT2D eigenvalue weighted by atomic mass is 19.1. The molecule has 1 aliphatic heterocycles. The zero-order chi connectivity index (χ0) is 12.8. The highest BCUT2D eigenvalue weighted by molar-refractivity contribution is 5.32. The molecule has 0 aromatic carbocycles. The number of aromatic nitrogens is 1. The van der Waals surface area contributed by atoms with Gasteiger partial charge >= 0.3 is 0 Å². The summed E-state index contributed by atoms with van der Waals surface area (Å²) in [7, 11) is 0. The normalized spacial score (nSPS) is 30.7. The molecular formula is C12H16FNO. The van der Waals surface area contributed by atoms with Gasteiger partial charge in [0.25, 0.3) is 0 Å². The summed E-state index contributed by atoms with van der Waals surface area (Å²) < 4.78 is 34.6. The number of fused-ring (bicyclic) bond motifs is 1. The van der Waals surface area contributed by atoms with E-state index in [0.717, 1.165) is 5.56 Å². The summed E-state index contributed by atoms with van der Waals surface area (Å²) in [6.07, 6.45) is 1.70. The first-order chi connectivity index (χ1) is 7.75. The molecule has 0 N–H and O–H groups in total. The second kappa shape index (κ2) is 3.56. The van der Waals surface area contributed by atoms with E-state index in [9.17, 15) is 4.39 Å². The van der Waals surface area contributed by atoms with Gasteiger partial charge in [0.2, 0.25) is 0 Å². The van der Waals surface area contributed by atoms with Crippen LogP contribution >= 0.6 is 0 Å². The smallest absolute Gasteiger partial charge is 0.158 e. The van der Waals surface area contributed by atoms with Crippen molar-refractivity contribution in [2.24, 2.45) is 0 Å². The maximum Gasteiger partial charge on any atom is 0.158 e. The molecule has 2 rings (SSSR count). The minimum absolute atomic E-state index is 0.0141. The summed E-state index contributed by atoms with van der Waals surface area (Å²) in [5, 5.41) is 0. The van der Waals surface area contributed by atoms with Crippen molar-refractivity contribution in [3.05, 3.63) is 29.1 Å². The lowest BCUT2D eigenvalue weighted by Crippen LogP contribution is -2.30. The van der Waals surface area contributed by atoms with Crippen LogP contribution in [0, 0.1) is 0 Å². The fraction of sp³-hybridized carbons (Fsp3) is 0.583. The van der Waals surface area contributed by atoms with Gasteiger partial charge in [-0.25, -0.2) is 4.39 Å².